The van der Waals surface area contributed by atoms with Gasteiger partial charge in [0.15, 0.2) is 6.20 Å². The van der Waals surface area contributed by atoms with Crippen molar-refractivity contribution in [1.82, 2.24) is 0 Å². The van der Waals surface area contributed by atoms with E-state index in [9.17, 15) is 0 Å². The number of nitrogens with zero attached hydrogens (tertiary/aromatic N) is 1. The largest absolute Gasteiger partial charge is 0.215 e. The molecule has 0 amide bonds. The first kappa shape index (κ1) is 13.6. The van der Waals surface area contributed by atoms with Gasteiger partial charge in [0.1, 0.15) is 7.05 Å². The molecule has 0 atom stereocenters. The second-order valence-corrected chi connectivity index (χ2v) is 5.55. The van der Waals surface area contributed by atoms with Crippen LogP contribution in [0, 0.1) is 13.8 Å². The maximum Gasteiger partial charge on any atom is 0.215 e. The molecule has 0 saturated heterocycles. The van der Waals surface area contributed by atoms with Gasteiger partial charge < -0.3 is 0 Å². The average molecular weight is 274 g/mol. The molecular formula is C20H20N+. The van der Waals surface area contributed by atoms with Crippen LogP contribution in [0.25, 0.3) is 22.4 Å². The summed E-state index contributed by atoms with van der Waals surface area (Å²) in [5, 5.41) is 0. The lowest BCUT2D eigenvalue weighted by Gasteiger charge is -2.09. The smallest absolute Gasteiger partial charge is 0.201 e. The van der Waals surface area contributed by atoms with Gasteiger partial charge in [0.2, 0.25) is 5.69 Å². The van der Waals surface area contributed by atoms with Gasteiger partial charge >= 0.3 is 0 Å². The van der Waals surface area contributed by atoms with E-state index in [0.29, 0.717) is 0 Å². The fraction of sp³-hybridized carbons (Fsp3) is 0.150. The van der Waals surface area contributed by atoms with Crippen LogP contribution in [-0.2, 0) is 7.05 Å². The molecule has 0 spiro atoms. The monoisotopic (exact) mass is 274 g/mol. The van der Waals surface area contributed by atoms with E-state index in [-0.39, 0.29) is 0 Å². The van der Waals surface area contributed by atoms with Crippen LogP contribution in [0.3, 0.4) is 0 Å². The lowest BCUT2D eigenvalue weighted by molar-refractivity contribution is -0.660. The van der Waals surface area contributed by atoms with E-state index >= 15 is 0 Å². The zero-order valence-corrected chi connectivity index (χ0v) is 12.8. The van der Waals surface area contributed by atoms with Crippen molar-refractivity contribution in [2.24, 2.45) is 7.05 Å². The Kier molecular flexibility index (Phi) is 3.57. The fourth-order valence-electron chi connectivity index (χ4n) is 2.89. The van der Waals surface area contributed by atoms with E-state index in [1.54, 1.807) is 0 Å². The van der Waals surface area contributed by atoms with Gasteiger partial charge in [0.05, 0.1) is 0 Å². The summed E-state index contributed by atoms with van der Waals surface area (Å²) in [5.41, 5.74) is 7.73. The number of aromatic nitrogens is 1. The molecule has 3 aromatic rings. The fourth-order valence-corrected chi connectivity index (χ4v) is 2.89. The van der Waals surface area contributed by atoms with Crippen LogP contribution >= 0.6 is 0 Å². The molecule has 0 fully saturated rings. The topological polar surface area (TPSA) is 3.88 Å². The minimum Gasteiger partial charge on any atom is -0.201 e. The zero-order valence-electron chi connectivity index (χ0n) is 12.8. The van der Waals surface area contributed by atoms with Crippen LogP contribution in [0.4, 0.5) is 0 Å². The third-order valence-corrected chi connectivity index (χ3v) is 3.97. The molecule has 3 rings (SSSR count). The van der Waals surface area contributed by atoms with Crippen molar-refractivity contribution in [2.45, 2.75) is 13.8 Å². The third-order valence-electron chi connectivity index (χ3n) is 3.97. The number of benzene rings is 2. The molecule has 1 heterocycles. The molecule has 1 nitrogen and oxygen atoms in total. The normalized spacial score (nSPS) is 10.6. The zero-order chi connectivity index (χ0) is 14.8. The molecule has 0 aliphatic heterocycles. The van der Waals surface area contributed by atoms with E-state index in [2.05, 4.69) is 92.3 Å². The predicted molar refractivity (Wildman–Crippen MR) is 88.0 cm³/mol. The number of pyridine rings is 1. The van der Waals surface area contributed by atoms with E-state index < -0.39 is 0 Å². The number of hydrogen-bond donors (Lipinski definition) is 0. The standard InChI is InChI=1S/C20H20N/c1-15-8-7-13-21(3)20(15)19-12-11-18(14-16(19)2)17-9-5-4-6-10-17/h4-14H,1-3H3/q+1. The van der Waals surface area contributed by atoms with Crippen molar-refractivity contribution in [3.8, 4) is 22.4 Å². The van der Waals surface area contributed by atoms with Crippen LogP contribution in [0.15, 0.2) is 66.9 Å². The highest BCUT2D eigenvalue weighted by atomic mass is 14.9. The van der Waals surface area contributed by atoms with Gasteiger partial charge in [-0.2, -0.15) is 0 Å². The van der Waals surface area contributed by atoms with E-state index in [0.717, 1.165) is 0 Å². The highest BCUT2D eigenvalue weighted by Gasteiger charge is 2.15. The molecule has 0 aliphatic rings. The van der Waals surface area contributed by atoms with Crippen molar-refractivity contribution in [1.29, 1.82) is 0 Å². The molecule has 0 unspecified atom stereocenters. The Labute approximate surface area is 126 Å². The third kappa shape index (κ3) is 2.59. The Morgan fingerprint density at radius 2 is 1.48 bits per heavy atom. The molecule has 0 bridgehead atoms. The molecule has 2 aromatic carbocycles. The number of hydrogen-bond acceptors (Lipinski definition) is 0. The van der Waals surface area contributed by atoms with Crippen LogP contribution < -0.4 is 4.57 Å². The maximum atomic E-state index is 2.27. The van der Waals surface area contributed by atoms with E-state index in [4.69, 9.17) is 0 Å². The van der Waals surface area contributed by atoms with Crippen molar-refractivity contribution in [3.05, 3.63) is 78.0 Å². The summed E-state index contributed by atoms with van der Waals surface area (Å²) in [6, 6.07) is 21.5. The SMILES string of the molecule is Cc1cc(-c2ccccc2)ccc1-c1c(C)ccc[n+]1C. The highest BCUT2D eigenvalue weighted by Crippen LogP contribution is 2.28. The molecule has 104 valence electrons. The highest BCUT2D eigenvalue weighted by molar-refractivity contribution is 5.71. The van der Waals surface area contributed by atoms with Crippen LogP contribution in [-0.4, -0.2) is 0 Å². The van der Waals surface area contributed by atoms with Crippen molar-refractivity contribution in [3.63, 3.8) is 0 Å². The van der Waals surface area contributed by atoms with Gasteiger partial charge in [-0.05, 0) is 42.7 Å². The average Bonchev–Trinajstić information content (AvgIpc) is 2.49. The summed E-state index contributed by atoms with van der Waals surface area (Å²) >= 11 is 0. The minimum absolute atomic E-state index is 1.27. The summed E-state index contributed by atoms with van der Waals surface area (Å²) < 4.78 is 2.19. The first-order valence-electron chi connectivity index (χ1n) is 7.28. The molecule has 0 aliphatic carbocycles. The van der Waals surface area contributed by atoms with Gasteiger partial charge in [-0.3, -0.25) is 0 Å². The van der Waals surface area contributed by atoms with E-state index in [1.165, 1.54) is 33.5 Å². The van der Waals surface area contributed by atoms with Crippen LogP contribution in [0.1, 0.15) is 11.1 Å². The first-order chi connectivity index (χ1) is 10.2. The number of aryl methyl sites for hydroxylation is 3. The molecule has 1 aromatic heterocycles. The Hall–Kier alpha value is -2.41. The Morgan fingerprint density at radius 3 is 2.14 bits per heavy atom. The lowest BCUT2D eigenvalue weighted by Crippen LogP contribution is -2.31. The first-order valence-corrected chi connectivity index (χ1v) is 7.28. The predicted octanol–water partition coefficient (Wildman–Crippen LogP) is 4.46. The molecule has 1 heteroatoms. The van der Waals surface area contributed by atoms with Gasteiger partial charge in [-0.15, -0.1) is 0 Å². The number of rotatable bonds is 2. The van der Waals surface area contributed by atoms with Crippen molar-refractivity contribution in [2.75, 3.05) is 0 Å². The molecule has 0 radical (unpaired) electrons. The van der Waals surface area contributed by atoms with E-state index in [1.807, 2.05) is 0 Å². The van der Waals surface area contributed by atoms with Gasteiger partial charge in [-0.1, -0.05) is 42.5 Å². The summed E-state index contributed by atoms with van der Waals surface area (Å²) in [6.45, 7) is 4.36. The van der Waals surface area contributed by atoms with Crippen molar-refractivity contribution < 1.29 is 4.57 Å². The molecule has 21 heavy (non-hydrogen) atoms. The molecular weight excluding hydrogens is 254 g/mol. The second kappa shape index (κ2) is 5.53. The quantitative estimate of drug-likeness (QED) is 0.607. The minimum atomic E-state index is 1.27. The second-order valence-electron chi connectivity index (χ2n) is 5.55. The van der Waals surface area contributed by atoms with Crippen molar-refractivity contribution >= 4 is 0 Å². The van der Waals surface area contributed by atoms with Gasteiger partial charge in [0.25, 0.3) is 0 Å². The Bertz CT molecular complexity index is 753. The lowest BCUT2D eigenvalue weighted by atomic mass is 9.96. The van der Waals surface area contributed by atoms with Gasteiger partial charge in [0, 0.05) is 17.2 Å². The van der Waals surface area contributed by atoms with Crippen LogP contribution in [0.2, 0.25) is 0 Å². The molecule has 0 saturated carbocycles. The Balaban J connectivity index is 2.11. The summed E-state index contributed by atoms with van der Waals surface area (Å²) in [6.07, 6.45) is 2.10. The summed E-state index contributed by atoms with van der Waals surface area (Å²) in [5.74, 6) is 0. The van der Waals surface area contributed by atoms with Crippen LogP contribution in [0.5, 0.6) is 0 Å². The Morgan fingerprint density at radius 1 is 0.714 bits per heavy atom. The summed E-state index contributed by atoms with van der Waals surface area (Å²) in [7, 11) is 2.10. The molecule has 0 N–H and O–H groups in total. The van der Waals surface area contributed by atoms with Gasteiger partial charge in [-0.25, -0.2) is 4.57 Å². The maximum absolute atomic E-state index is 2.27. The summed E-state index contributed by atoms with van der Waals surface area (Å²) in [4.78, 5) is 0.